The molecule has 11 nitrogen and oxygen atoms in total. The molecule has 0 saturated carbocycles. The molecule has 0 atom stereocenters. The maximum Gasteiger partial charge on any atom is 0.335 e. The lowest BCUT2D eigenvalue weighted by Crippen LogP contribution is -2.55. The summed E-state index contributed by atoms with van der Waals surface area (Å²) in [6, 6.07) is 22.7. The van der Waals surface area contributed by atoms with Gasteiger partial charge in [-0.2, -0.15) is 0 Å². The molecule has 0 unspecified atom stereocenters. The maximum absolute atomic E-state index is 11.5. The zero-order valence-corrected chi connectivity index (χ0v) is 32.1. The third-order valence-electron chi connectivity index (χ3n) is 9.30. The number of benzene rings is 4. The SMILES string of the molecule is Cc1c(COc2ccc(CCC(C)(C(=O)O)C(=O)O)cc2Br)cccc1-c1cccc(COc2ccc(CNC(C)(C(=O)O)C(=O)O)cc2Br)c1C. The van der Waals surface area contributed by atoms with E-state index in [1.165, 1.54) is 6.92 Å². The Labute approximate surface area is 317 Å². The van der Waals surface area contributed by atoms with Crippen molar-refractivity contribution in [2.24, 2.45) is 5.41 Å². The van der Waals surface area contributed by atoms with Crippen molar-refractivity contribution < 1.29 is 49.1 Å². The lowest BCUT2D eigenvalue weighted by atomic mass is 9.84. The summed E-state index contributed by atoms with van der Waals surface area (Å²) < 4.78 is 13.6. The summed E-state index contributed by atoms with van der Waals surface area (Å²) in [7, 11) is 0. The summed E-state index contributed by atoms with van der Waals surface area (Å²) >= 11 is 7.04. The predicted molar refractivity (Wildman–Crippen MR) is 201 cm³/mol. The molecule has 13 heteroatoms. The molecular weight excluding hydrogens is 802 g/mol. The van der Waals surface area contributed by atoms with Gasteiger partial charge in [-0.3, -0.25) is 14.9 Å². The summed E-state index contributed by atoms with van der Waals surface area (Å²) in [5, 5.41) is 40.0. The topological polar surface area (TPSA) is 180 Å². The van der Waals surface area contributed by atoms with Crippen molar-refractivity contribution in [3.05, 3.63) is 115 Å². The van der Waals surface area contributed by atoms with Crippen LogP contribution in [0.15, 0.2) is 81.7 Å². The van der Waals surface area contributed by atoms with E-state index in [9.17, 15) is 39.6 Å². The first-order valence-corrected chi connectivity index (χ1v) is 17.7. The first kappa shape index (κ1) is 40.1. The van der Waals surface area contributed by atoms with E-state index in [0.717, 1.165) is 45.9 Å². The molecule has 0 heterocycles. The second-order valence-electron chi connectivity index (χ2n) is 12.8. The number of hydrogen-bond donors (Lipinski definition) is 5. The lowest BCUT2D eigenvalue weighted by molar-refractivity contribution is -0.164. The smallest absolute Gasteiger partial charge is 0.335 e. The van der Waals surface area contributed by atoms with Gasteiger partial charge in [0.05, 0.1) is 8.95 Å². The van der Waals surface area contributed by atoms with E-state index in [0.29, 0.717) is 32.6 Å². The molecule has 0 amide bonds. The van der Waals surface area contributed by atoms with Crippen LogP contribution in [-0.4, -0.2) is 49.8 Å². The maximum atomic E-state index is 11.5. The van der Waals surface area contributed by atoms with Gasteiger partial charge in [-0.15, -0.1) is 0 Å². The van der Waals surface area contributed by atoms with Crippen LogP contribution >= 0.6 is 31.9 Å². The Balaban J connectivity index is 1.43. The van der Waals surface area contributed by atoms with Crippen LogP contribution in [0.3, 0.4) is 0 Å². The Bertz CT molecular complexity index is 1840. The van der Waals surface area contributed by atoms with Gasteiger partial charge in [-0.1, -0.05) is 48.5 Å². The van der Waals surface area contributed by atoms with E-state index >= 15 is 0 Å². The fourth-order valence-electron chi connectivity index (χ4n) is 5.38. The van der Waals surface area contributed by atoms with Crippen LogP contribution in [0.4, 0.5) is 0 Å². The second-order valence-corrected chi connectivity index (χ2v) is 14.5. The van der Waals surface area contributed by atoms with E-state index in [-0.39, 0.29) is 26.0 Å². The lowest BCUT2D eigenvalue weighted by Gasteiger charge is -2.21. The highest BCUT2D eigenvalue weighted by atomic mass is 79.9. The van der Waals surface area contributed by atoms with Crippen molar-refractivity contribution in [2.45, 2.75) is 65.8 Å². The third kappa shape index (κ3) is 9.01. The van der Waals surface area contributed by atoms with Gasteiger partial charge in [0.1, 0.15) is 24.7 Å². The molecule has 4 aromatic carbocycles. The number of aryl methyl sites for hydroxylation is 1. The average molecular weight is 842 g/mol. The highest BCUT2D eigenvalue weighted by Gasteiger charge is 2.42. The van der Waals surface area contributed by atoms with Crippen molar-refractivity contribution >= 4 is 55.7 Å². The van der Waals surface area contributed by atoms with Crippen molar-refractivity contribution in [1.82, 2.24) is 5.32 Å². The molecule has 0 aromatic heterocycles. The van der Waals surface area contributed by atoms with Gasteiger partial charge in [-0.05, 0) is 141 Å². The highest BCUT2D eigenvalue weighted by Crippen LogP contribution is 2.34. The molecule has 0 aliphatic heterocycles. The Morgan fingerprint density at radius 2 is 1.10 bits per heavy atom. The van der Waals surface area contributed by atoms with E-state index < -0.39 is 34.8 Å². The predicted octanol–water partition coefficient (Wildman–Crippen LogP) is 7.78. The van der Waals surface area contributed by atoms with Crippen molar-refractivity contribution in [2.75, 3.05) is 0 Å². The minimum Gasteiger partial charge on any atom is -0.488 e. The average Bonchev–Trinajstić information content (AvgIpc) is 3.09. The monoisotopic (exact) mass is 839 g/mol. The number of carboxylic acid groups (broad SMARTS) is 4. The zero-order valence-electron chi connectivity index (χ0n) is 29.0. The number of carboxylic acids is 4. The molecule has 4 rings (SSSR count). The molecule has 0 aliphatic rings. The van der Waals surface area contributed by atoms with E-state index in [1.54, 1.807) is 30.3 Å². The number of hydrogen-bond acceptors (Lipinski definition) is 7. The molecule has 0 bridgehead atoms. The Morgan fingerprint density at radius 3 is 1.52 bits per heavy atom. The number of halogens is 2. The Hall–Kier alpha value is -4.72. The van der Waals surface area contributed by atoms with Crippen molar-refractivity contribution in [3.63, 3.8) is 0 Å². The van der Waals surface area contributed by atoms with Crippen LogP contribution in [0.2, 0.25) is 0 Å². The largest absolute Gasteiger partial charge is 0.488 e. The summed E-state index contributed by atoms with van der Waals surface area (Å²) in [4.78, 5) is 46.0. The minimum absolute atomic E-state index is 0.0219. The molecule has 52 heavy (non-hydrogen) atoms. The fourth-order valence-corrected chi connectivity index (χ4v) is 6.47. The Morgan fingerprint density at radius 1 is 0.654 bits per heavy atom. The van der Waals surface area contributed by atoms with Crippen LogP contribution in [0.1, 0.15) is 53.6 Å². The van der Waals surface area contributed by atoms with Gasteiger partial charge in [-0.25, -0.2) is 9.59 Å². The third-order valence-corrected chi connectivity index (χ3v) is 10.5. The first-order valence-electron chi connectivity index (χ1n) is 16.2. The number of carbonyl (C=O) groups is 4. The summed E-state index contributed by atoms with van der Waals surface area (Å²) in [5.74, 6) is -4.54. The molecule has 0 fully saturated rings. The van der Waals surface area contributed by atoms with Crippen molar-refractivity contribution in [1.29, 1.82) is 0 Å². The van der Waals surface area contributed by atoms with Gasteiger partial charge >= 0.3 is 23.9 Å². The van der Waals surface area contributed by atoms with E-state index in [2.05, 4.69) is 49.3 Å². The number of aliphatic carboxylic acids is 4. The van der Waals surface area contributed by atoms with E-state index in [1.807, 2.05) is 44.2 Å². The number of ether oxygens (including phenoxy) is 2. The zero-order chi connectivity index (χ0) is 38.4. The highest BCUT2D eigenvalue weighted by molar-refractivity contribution is 9.10. The minimum atomic E-state index is -2.12. The molecule has 274 valence electrons. The van der Waals surface area contributed by atoms with Crippen LogP contribution in [-0.2, 0) is 45.4 Å². The van der Waals surface area contributed by atoms with Crippen molar-refractivity contribution in [3.8, 4) is 22.6 Å². The van der Waals surface area contributed by atoms with Gasteiger partial charge in [0.15, 0.2) is 5.41 Å². The second kappa shape index (κ2) is 16.7. The normalized spacial score (nSPS) is 11.6. The molecule has 0 radical (unpaired) electrons. The fraction of sp³-hybridized carbons (Fsp3) is 0.282. The molecule has 0 saturated heterocycles. The number of rotatable bonds is 17. The van der Waals surface area contributed by atoms with Gasteiger partial charge < -0.3 is 29.9 Å². The number of nitrogens with one attached hydrogen (secondary N) is 1. The molecule has 0 spiro atoms. The van der Waals surface area contributed by atoms with Crippen LogP contribution in [0.25, 0.3) is 11.1 Å². The summed E-state index contributed by atoms with van der Waals surface area (Å²) in [5.41, 5.74) is 3.60. The van der Waals surface area contributed by atoms with Crippen LogP contribution < -0.4 is 14.8 Å². The molecule has 4 aromatic rings. The quantitative estimate of drug-likeness (QED) is 0.0656. The van der Waals surface area contributed by atoms with Crippen LogP contribution in [0, 0.1) is 19.3 Å². The van der Waals surface area contributed by atoms with E-state index in [4.69, 9.17) is 9.47 Å². The molecule has 0 aliphatic carbocycles. The van der Waals surface area contributed by atoms with Gasteiger partial charge in [0, 0.05) is 6.54 Å². The van der Waals surface area contributed by atoms with Crippen LogP contribution in [0.5, 0.6) is 11.5 Å². The summed E-state index contributed by atoms with van der Waals surface area (Å²) in [6.07, 6.45) is 0.214. The molecular formula is C39H39Br2NO10. The first-order chi connectivity index (χ1) is 24.5. The summed E-state index contributed by atoms with van der Waals surface area (Å²) in [6.45, 7) is 6.99. The van der Waals surface area contributed by atoms with Gasteiger partial charge in [0.25, 0.3) is 0 Å². The van der Waals surface area contributed by atoms with Gasteiger partial charge in [0.2, 0.25) is 5.54 Å². The molecule has 5 N–H and O–H groups in total. The standard InChI is InChI=1S/C39H39Br2NO10/c1-22-26(20-51-32-13-11-24(17-30(32)40)15-16-38(3,34(43)44)35(45)46)7-5-9-28(22)29-10-6-8-27(23(29)2)21-52-33-14-12-25(18-31(33)41)19-42-39(4,36(47)48)37(49)50/h5-14,17-18,42H,15-16,19-21H2,1-4H3,(H,43,44)(H,45,46)(H,47,48)(H,49,50). The Kier molecular flexibility index (Phi) is 12.9.